The third kappa shape index (κ3) is 2.98. The molecule has 2 rings (SSSR count). The van der Waals surface area contributed by atoms with Crippen molar-refractivity contribution in [3.63, 3.8) is 0 Å². The molecule has 0 saturated carbocycles. The lowest BCUT2D eigenvalue weighted by atomic mass is 10.1. The van der Waals surface area contributed by atoms with Crippen molar-refractivity contribution >= 4 is 17.3 Å². The number of aryl methyl sites for hydroxylation is 1. The van der Waals surface area contributed by atoms with E-state index in [1.807, 2.05) is 39.0 Å². The van der Waals surface area contributed by atoms with Crippen molar-refractivity contribution < 1.29 is 9.53 Å². The highest BCUT2D eigenvalue weighted by Crippen LogP contribution is 2.25. The van der Waals surface area contributed by atoms with Crippen LogP contribution in [0.2, 0.25) is 0 Å². The molecule has 1 heterocycles. The highest BCUT2D eigenvalue weighted by atomic mass is 32.1. The summed E-state index contributed by atoms with van der Waals surface area (Å²) >= 11 is 1.14. The zero-order valence-corrected chi connectivity index (χ0v) is 12.0. The van der Waals surface area contributed by atoms with Crippen LogP contribution in [-0.4, -0.2) is 21.5 Å². The van der Waals surface area contributed by atoms with Crippen molar-refractivity contribution in [1.82, 2.24) is 9.59 Å². The third-order valence-electron chi connectivity index (χ3n) is 2.59. The smallest absolute Gasteiger partial charge is 0.210 e. The summed E-state index contributed by atoms with van der Waals surface area (Å²) in [5.41, 5.74) is 1.31. The first-order valence-corrected chi connectivity index (χ1v) is 7.02. The van der Waals surface area contributed by atoms with Gasteiger partial charge in [0.1, 0.15) is 10.6 Å². The van der Waals surface area contributed by atoms with Crippen LogP contribution < -0.4 is 4.74 Å². The van der Waals surface area contributed by atoms with Crippen LogP contribution >= 0.6 is 11.5 Å². The molecule has 0 unspecified atom stereocenters. The molecule has 0 saturated heterocycles. The van der Waals surface area contributed by atoms with E-state index < -0.39 is 0 Å². The third-order valence-corrected chi connectivity index (χ3v) is 3.36. The zero-order chi connectivity index (χ0) is 13.8. The lowest BCUT2D eigenvalue weighted by Crippen LogP contribution is -2.10. The van der Waals surface area contributed by atoms with E-state index in [9.17, 15) is 4.79 Å². The van der Waals surface area contributed by atoms with E-state index in [1.54, 1.807) is 6.07 Å². The van der Waals surface area contributed by atoms with Gasteiger partial charge in [0, 0.05) is 0 Å². The first-order chi connectivity index (χ1) is 9.13. The Morgan fingerprint density at radius 1 is 1.37 bits per heavy atom. The maximum Gasteiger partial charge on any atom is 0.210 e. The topological polar surface area (TPSA) is 52.1 Å². The van der Waals surface area contributed by atoms with E-state index in [4.69, 9.17) is 4.74 Å². The van der Waals surface area contributed by atoms with Crippen molar-refractivity contribution in [2.24, 2.45) is 0 Å². The van der Waals surface area contributed by atoms with Crippen molar-refractivity contribution in [2.45, 2.75) is 33.3 Å². The van der Waals surface area contributed by atoms with Gasteiger partial charge in [-0.1, -0.05) is 23.5 Å². The van der Waals surface area contributed by atoms with Crippen LogP contribution in [0.4, 0.5) is 0 Å². The molecule has 0 radical (unpaired) electrons. The number of nitrogens with zero attached hydrogens (tertiary/aromatic N) is 2. The zero-order valence-electron chi connectivity index (χ0n) is 11.2. The first kappa shape index (κ1) is 13.7. The minimum atomic E-state index is -0.0666. The van der Waals surface area contributed by atoms with Crippen molar-refractivity contribution in [2.75, 3.05) is 0 Å². The van der Waals surface area contributed by atoms with Crippen molar-refractivity contribution in [3.8, 4) is 5.75 Å². The molecule has 19 heavy (non-hydrogen) atoms. The second-order valence-electron chi connectivity index (χ2n) is 4.39. The van der Waals surface area contributed by atoms with Crippen LogP contribution in [0.25, 0.3) is 0 Å². The van der Waals surface area contributed by atoms with E-state index in [1.165, 1.54) is 0 Å². The predicted molar refractivity (Wildman–Crippen MR) is 74.9 cm³/mol. The number of hydrogen-bond donors (Lipinski definition) is 0. The average molecular weight is 276 g/mol. The normalized spacial score (nSPS) is 10.7. The van der Waals surface area contributed by atoms with E-state index in [-0.39, 0.29) is 11.9 Å². The average Bonchev–Trinajstić information content (AvgIpc) is 2.86. The Morgan fingerprint density at radius 2 is 2.11 bits per heavy atom. The van der Waals surface area contributed by atoms with Gasteiger partial charge in [0.25, 0.3) is 0 Å². The van der Waals surface area contributed by atoms with Gasteiger partial charge in [-0.05, 0) is 43.9 Å². The monoisotopic (exact) mass is 276 g/mol. The van der Waals surface area contributed by atoms with E-state index in [0.29, 0.717) is 22.6 Å². The number of benzene rings is 1. The minimum Gasteiger partial charge on any atom is -0.490 e. The number of aromatic nitrogens is 2. The maximum atomic E-state index is 12.5. The number of ether oxygens (including phenoxy) is 1. The molecule has 2 aromatic rings. The molecule has 5 heteroatoms. The molecule has 0 amide bonds. The Labute approximate surface area is 116 Å². The summed E-state index contributed by atoms with van der Waals surface area (Å²) < 4.78 is 9.54. The second kappa shape index (κ2) is 5.93. The van der Waals surface area contributed by atoms with Crippen molar-refractivity contribution in [1.29, 1.82) is 0 Å². The summed E-state index contributed by atoms with van der Waals surface area (Å²) in [6.07, 6.45) is 0.726. The Balaban J connectivity index is 2.39. The van der Waals surface area contributed by atoms with Gasteiger partial charge >= 0.3 is 0 Å². The van der Waals surface area contributed by atoms with Crippen LogP contribution in [0, 0.1) is 0 Å². The van der Waals surface area contributed by atoms with Crippen LogP contribution in [0.3, 0.4) is 0 Å². The molecule has 0 spiro atoms. The minimum absolute atomic E-state index is 0.0270. The number of para-hydroxylation sites is 1. The molecule has 1 aromatic carbocycles. The molecular formula is C14H16N2O2S. The Bertz CT molecular complexity index is 578. The fourth-order valence-corrected chi connectivity index (χ4v) is 2.45. The van der Waals surface area contributed by atoms with Gasteiger partial charge in [0.2, 0.25) is 5.78 Å². The first-order valence-electron chi connectivity index (χ1n) is 6.25. The molecule has 0 N–H and O–H groups in total. The molecule has 1 aromatic heterocycles. The van der Waals surface area contributed by atoms with Gasteiger partial charge in [-0.3, -0.25) is 4.79 Å². The van der Waals surface area contributed by atoms with Crippen LogP contribution in [0.1, 0.15) is 41.7 Å². The van der Waals surface area contributed by atoms with E-state index >= 15 is 0 Å². The van der Waals surface area contributed by atoms with Gasteiger partial charge in [0.15, 0.2) is 0 Å². The maximum absolute atomic E-state index is 12.5. The molecule has 0 atom stereocenters. The quantitative estimate of drug-likeness (QED) is 0.787. The number of rotatable bonds is 5. The molecule has 4 nitrogen and oxygen atoms in total. The highest BCUT2D eigenvalue weighted by molar-refractivity contribution is 7.08. The summed E-state index contributed by atoms with van der Waals surface area (Å²) in [7, 11) is 0. The van der Waals surface area contributed by atoms with Crippen LogP contribution in [0.5, 0.6) is 5.75 Å². The number of carbonyl (C=O) groups is 1. The van der Waals surface area contributed by atoms with Crippen molar-refractivity contribution in [3.05, 3.63) is 40.4 Å². The summed E-state index contributed by atoms with van der Waals surface area (Å²) in [5.74, 6) is 0.543. The summed E-state index contributed by atoms with van der Waals surface area (Å²) in [6.45, 7) is 5.84. The lowest BCUT2D eigenvalue weighted by molar-refractivity contribution is 0.103. The second-order valence-corrected chi connectivity index (χ2v) is 5.15. The Hall–Kier alpha value is -1.75. The number of hydrogen-bond acceptors (Lipinski definition) is 5. The molecule has 0 aliphatic rings. The van der Waals surface area contributed by atoms with Gasteiger partial charge in [-0.25, -0.2) is 0 Å². The van der Waals surface area contributed by atoms with E-state index in [2.05, 4.69) is 9.59 Å². The Morgan fingerprint density at radius 3 is 2.79 bits per heavy atom. The van der Waals surface area contributed by atoms with Gasteiger partial charge in [-0.15, -0.1) is 5.10 Å². The van der Waals surface area contributed by atoms with Gasteiger partial charge in [-0.2, -0.15) is 0 Å². The number of carbonyl (C=O) groups excluding carboxylic acids is 1. The molecular weight excluding hydrogens is 260 g/mol. The largest absolute Gasteiger partial charge is 0.490 e. The van der Waals surface area contributed by atoms with Crippen LogP contribution in [-0.2, 0) is 6.42 Å². The summed E-state index contributed by atoms with van der Waals surface area (Å²) in [6, 6.07) is 7.28. The Kier molecular flexibility index (Phi) is 4.27. The molecule has 0 bridgehead atoms. The summed E-state index contributed by atoms with van der Waals surface area (Å²) in [5, 5.41) is 3.98. The fraction of sp³-hybridized carbons (Fsp3) is 0.357. The molecule has 0 aliphatic carbocycles. The van der Waals surface area contributed by atoms with Gasteiger partial charge < -0.3 is 4.74 Å². The molecule has 0 aliphatic heterocycles. The molecule has 0 fully saturated rings. The van der Waals surface area contributed by atoms with Crippen LogP contribution in [0.15, 0.2) is 24.3 Å². The highest BCUT2D eigenvalue weighted by Gasteiger charge is 2.20. The SMILES string of the molecule is CCc1nnsc1C(=O)c1ccccc1OC(C)C. The number of ketones is 1. The molecule has 100 valence electrons. The standard InChI is InChI=1S/C14H16N2O2S/c1-4-11-14(19-16-15-11)13(17)10-7-5-6-8-12(10)18-9(2)3/h5-9H,4H2,1-3H3. The summed E-state index contributed by atoms with van der Waals surface area (Å²) in [4.78, 5) is 13.1. The fourth-order valence-electron chi connectivity index (χ4n) is 1.75. The van der Waals surface area contributed by atoms with Gasteiger partial charge in [0.05, 0.1) is 17.4 Å². The lowest BCUT2D eigenvalue weighted by Gasteiger charge is -2.13. The predicted octanol–water partition coefficient (Wildman–Crippen LogP) is 3.12. The van der Waals surface area contributed by atoms with E-state index in [0.717, 1.165) is 17.2 Å².